The van der Waals surface area contributed by atoms with Crippen LogP contribution >= 0.6 is 15.9 Å². The lowest BCUT2D eigenvalue weighted by Crippen LogP contribution is -2.29. The van der Waals surface area contributed by atoms with Gasteiger partial charge in [-0.1, -0.05) is 46.3 Å². The van der Waals surface area contributed by atoms with Crippen molar-refractivity contribution in [3.8, 4) is 0 Å². The third-order valence-electron chi connectivity index (χ3n) is 3.77. The van der Waals surface area contributed by atoms with Crippen molar-refractivity contribution < 1.29 is 9.90 Å². The first-order valence-corrected chi connectivity index (χ1v) is 8.28. The van der Waals surface area contributed by atoms with Crippen molar-refractivity contribution in [1.29, 1.82) is 0 Å². The summed E-state index contributed by atoms with van der Waals surface area (Å²) in [5.74, 6) is -0.574. The fraction of sp³-hybridized carbons (Fsp3) is 0.167. The van der Waals surface area contributed by atoms with E-state index in [-0.39, 0.29) is 5.56 Å². The fourth-order valence-electron chi connectivity index (χ4n) is 2.63. The third kappa shape index (κ3) is 3.54. The van der Waals surface area contributed by atoms with E-state index in [1.807, 2.05) is 36.4 Å². The van der Waals surface area contributed by atoms with Gasteiger partial charge < -0.3 is 5.11 Å². The van der Waals surface area contributed by atoms with Gasteiger partial charge in [-0.3, -0.25) is 14.2 Å². The van der Waals surface area contributed by atoms with Crippen molar-refractivity contribution in [1.82, 2.24) is 9.55 Å². The van der Waals surface area contributed by atoms with Crippen LogP contribution in [0.5, 0.6) is 0 Å². The molecule has 3 rings (SSSR count). The lowest BCUT2D eigenvalue weighted by Gasteiger charge is -2.12. The Hall–Kier alpha value is -2.47. The predicted octanol–water partition coefficient (Wildman–Crippen LogP) is 3.03. The zero-order valence-electron chi connectivity index (χ0n) is 12.8. The molecule has 0 unspecified atom stereocenters. The number of carbonyl (C=O) groups is 1. The Morgan fingerprint density at radius 1 is 1.12 bits per heavy atom. The maximum atomic E-state index is 12.7. The van der Waals surface area contributed by atoms with E-state index in [4.69, 9.17) is 5.11 Å². The van der Waals surface area contributed by atoms with Gasteiger partial charge >= 0.3 is 5.97 Å². The van der Waals surface area contributed by atoms with Crippen LogP contribution in [0.25, 0.3) is 10.9 Å². The number of halogens is 1. The minimum Gasteiger partial charge on any atom is -0.480 e. The number of carboxylic acids is 1. The first-order chi connectivity index (χ1) is 11.5. The molecular formula is C18H15BrN2O3. The third-order valence-corrected chi connectivity index (χ3v) is 4.26. The van der Waals surface area contributed by atoms with Crippen molar-refractivity contribution in [3.63, 3.8) is 0 Å². The minimum atomic E-state index is -1.06. The summed E-state index contributed by atoms with van der Waals surface area (Å²) in [6.45, 7) is -0.390. The van der Waals surface area contributed by atoms with E-state index in [1.165, 1.54) is 4.57 Å². The molecule has 0 saturated carbocycles. The molecule has 0 aliphatic carbocycles. The molecule has 0 bridgehead atoms. The van der Waals surface area contributed by atoms with Gasteiger partial charge in [-0.2, -0.15) is 0 Å². The molecule has 0 spiro atoms. The molecule has 0 atom stereocenters. The first-order valence-electron chi connectivity index (χ1n) is 7.49. The summed E-state index contributed by atoms with van der Waals surface area (Å²) in [6, 6.07) is 15.1. The van der Waals surface area contributed by atoms with Crippen LogP contribution in [0.4, 0.5) is 0 Å². The number of benzene rings is 2. The molecule has 1 heterocycles. The number of hydrogen-bond donors (Lipinski definition) is 1. The maximum Gasteiger partial charge on any atom is 0.323 e. The highest BCUT2D eigenvalue weighted by molar-refractivity contribution is 9.10. The summed E-state index contributed by atoms with van der Waals surface area (Å²) in [6.07, 6.45) is 1.19. The van der Waals surface area contributed by atoms with Gasteiger partial charge in [-0.15, -0.1) is 0 Å². The molecule has 0 aliphatic rings. The molecule has 0 saturated heterocycles. The summed E-state index contributed by atoms with van der Waals surface area (Å²) in [5, 5.41) is 9.54. The second-order valence-electron chi connectivity index (χ2n) is 5.46. The molecule has 6 heteroatoms. The molecule has 122 valence electrons. The van der Waals surface area contributed by atoms with Crippen LogP contribution in [0.15, 0.2) is 57.8 Å². The topological polar surface area (TPSA) is 72.2 Å². The molecular weight excluding hydrogens is 372 g/mol. The summed E-state index contributed by atoms with van der Waals surface area (Å²) < 4.78 is 2.01. The number of aliphatic carboxylic acids is 1. The highest BCUT2D eigenvalue weighted by Gasteiger charge is 2.14. The lowest BCUT2D eigenvalue weighted by atomic mass is 10.1. The van der Waals surface area contributed by atoms with Crippen LogP contribution in [0.2, 0.25) is 0 Å². The van der Waals surface area contributed by atoms with Crippen LogP contribution in [0, 0.1) is 0 Å². The van der Waals surface area contributed by atoms with Gasteiger partial charge in [-0.05, 0) is 30.2 Å². The summed E-state index contributed by atoms with van der Waals surface area (Å²) in [7, 11) is 0. The minimum absolute atomic E-state index is 0.327. The van der Waals surface area contributed by atoms with Crippen molar-refractivity contribution in [3.05, 3.63) is 74.7 Å². The number of fused-ring (bicyclic) bond motifs is 1. The normalized spacial score (nSPS) is 10.9. The van der Waals surface area contributed by atoms with Crippen LogP contribution in [-0.4, -0.2) is 20.6 Å². The summed E-state index contributed by atoms with van der Waals surface area (Å²) >= 11 is 3.33. The van der Waals surface area contributed by atoms with Gasteiger partial charge in [0.1, 0.15) is 12.4 Å². The number of rotatable bonds is 5. The van der Waals surface area contributed by atoms with Crippen molar-refractivity contribution in [2.24, 2.45) is 0 Å². The van der Waals surface area contributed by atoms with E-state index >= 15 is 0 Å². The Labute approximate surface area is 146 Å². The molecule has 2 aromatic carbocycles. The largest absolute Gasteiger partial charge is 0.480 e. The summed E-state index contributed by atoms with van der Waals surface area (Å²) in [4.78, 5) is 28.4. The van der Waals surface area contributed by atoms with Gasteiger partial charge in [0.05, 0.1) is 10.9 Å². The quantitative estimate of drug-likeness (QED) is 0.731. The van der Waals surface area contributed by atoms with Gasteiger partial charge in [0.25, 0.3) is 5.56 Å². The van der Waals surface area contributed by atoms with E-state index in [9.17, 15) is 9.59 Å². The van der Waals surface area contributed by atoms with Gasteiger partial charge in [0.15, 0.2) is 0 Å². The number of aryl methyl sites for hydroxylation is 2. The predicted molar refractivity (Wildman–Crippen MR) is 95.2 cm³/mol. The fourth-order valence-corrected chi connectivity index (χ4v) is 2.99. The van der Waals surface area contributed by atoms with Gasteiger partial charge in [-0.25, -0.2) is 4.98 Å². The average Bonchev–Trinajstić information content (AvgIpc) is 2.57. The molecule has 1 aromatic heterocycles. The molecule has 0 radical (unpaired) electrons. The second-order valence-corrected chi connectivity index (χ2v) is 6.38. The number of carboxylic acid groups (broad SMARTS) is 1. The van der Waals surface area contributed by atoms with E-state index in [2.05, 4.69) is 20.9 Å². The number of nitrogens with zero attached hydrogens (tertiary/aromatic N) is 2. The molecule has 0 aliphatic heterocycles. The summed E-state index contributed by atoms with van der Waals surface area (Å²) in [5.41, 5.74) is 1.36. The number of hydrogen-bond acceptors (Lipinski definition) is 3. The molecule has 0 amide bonds. The standard InChI is InChI=1S/C18H15BrN2O3/c19-13-7-8-15-14(10-13)18(24)21(11-17(22)23)16(20-15)9-6-12-4-2-1-3-5-12/h1-5,7-8,10H,6,9,11H2,(H,22,23). The number of aromatic nitrogens is 2. The Morgan fingerprint density at radius 2 is 1.88 bits per heavy atom. The Bertz CT molecular complexity index is 952. The Morgan fingerprint density at radius 3 is 2.58 bits per heavy atom. The van der Waals surface area contributed by atoms with E-state index in [1.54, 1.807) is 12.1 Å². The van der Waals surface area contributed by atoms with E-state index in [0.29, 0.717) is 29.6 Å². The second kappa shape index (κ2) is 6.97. The molecule has 5 nitrogen and oxygen atoms in total. The van der Waals surface area contributed by atoms with Crippen LogP contribution in [0.3, 0.4) is 0 Å². The zero-order chi connectivity index (χ0) is 17.1. The van der Waals surface area contributed by atoms with Crippen molar-refractivity contribution >= 4 is 32.8 Å². The van der Waals surface area contributed by atoms with Crippen LogP contribution < -0.4 is 5.56 Å². The Balaban J connectivity index is 2.05. The monoisotopic (exact) mass is 386 g/mol. The average molecular weight is 387 g/mol. The molecule has 0 fully saturated rings. The van der Waals surface area contributed by atoms with Gasteiger partial charge in [0, 0.05) is 10.9 Å². The Kier molecular flexibility index (Phi) is 4.76. The van der Waals surface area contributed by atoms with Crippen molar-refractivity contribution in [2.45, 2.75) is 19.4 Å². The first kappa shape index (κ1) is 16.4. The zero-order valence-corrected chi connectivity index (χ0v) is 14.4. The van der Waals surface area contributed by atoms with Crippen LogP contribution in [0.1, 0.15) is 11.4 Å². The maximum absolute atomic E-state index is 12.7. The molecule has 3 aromatic rings. The smallest absolute Gasteiger partial charge is 0.323 e. The van der Waals surface area contributed by atoms with Crippen LogP contribution in [-0.2, 0) is 24.2 Å². The SMILES string of the molecule is O=C(O)Cn1c(CCc2ccccc2)nc2ccc(Br)cc2c1=O. The van der Waals surface area contributed by atoms with E-state index in [0.717, 1.165) is 10.0 Å². The van der Waals surface area contributed by atoms with E-state index < -0.39 is 12.5 Å². The highest BCUT2D eigenvalue weighted by Crippen LogP contribution is 2.16. The van der Waals surface area contributed by atoms with Crippen molar-refractivity contribution in [2.75, 3.05) is 0 Å². The molecule has 24 heavy (non-hydrogen) atoms. The lowest BCUT2D eigenvalue weighted by molar-refractivity contribution is -0.137. The highest BCUT2D eigenvalue weighted by atomic mass is 79.9. The van der Waals surface area contributed by atoms with Gasteiger partial charge in [0.2, 0.25) is 0 Å². The molecule has 1 N–H and O–H groups in total.